The molecule has 0 fully saturated rings. The van der Waals surface area contributed by atoms with E-state index in [9.17, 15) is 21.6 Å². The summed E-state index contributed by atoms with van der Waals surface area (Å²) in [6.45, 7) is 1.43. The largest absolute Gasteiger partial charge is 0.418 e. The Morgan fingerprint density at radius 1 is 1.45 bits per heavy atom. The highest BCUT2D eigenvalue weighted by atomic mass is 35.5. The molecule has 1 aromatic carbocycles. The van der Waals surface area contributed by atoms with E-state index in [0.29, 0.717) is 6.07 Å². The SMILES string of the molecule is CCC(C#N)S(=O)(=O)Nc1c(Cl)cccc1C(F)(F)F. The monoisotopic (exact) mass is 326 g/mol. The molecule has 0 radical (unpaired) electrons. The summed E-state index contributed by atoms with van der Waals surface area (Å²) in [7, 11) is -4.28. The van der Waals surface area contributed by atoms with Crippen LogP contribution in [0.4, 0.5) is 18.9 Å². The van der Waals surface area contributed by atoms with Crippen molar-refractivity contribution in [1.29, 1.82) is 5.26 Å². The maximum absolute atomic E-state index is 12.8. The quantitative estimate of drug-likeness (QED) is 0.921. The summed E-state index contributed by atoms with van der Waals surface area (Å²) in [5.74, 6) is 0. The number of alkyl halides is 3. The Bertz CT molecular complexity index is 638. The number of rotatable bonds is 4. The summed E-state index contributed by atoms with van der Waals surface area (Å²) in [4.78, 5) is 0. The topological polar surface area (TPSA) is 70.0 Å². The number of hydrogen-bond donors (Lipinski definition) is 1. The molecular weight excluding hydrogens is 317 g/mol. The normalized spacial score (nSPS) is 13.6. The number of sulfonamides is 1. The number of nitrogens with zero attached hydrogens (tertiary/aromatic N) is 1. The van der Waals surface area contributed by atoms with E-state index in [1.54, 1.807) is 4.72 Å². The van der Waals surface area contributed by atoms with Crippen LogP contribution in [0, 0.1) is 11.3 Å². The Morgan fingerprint density at radius 3 is 2.50 bits per heavy atom. The van der Waals surface area contributed by atoms with Crippen LogP contribution >= 0.6 is 11.6 Å². The Hall–Kier alpha value is -1.46. The van der Waals surface area contributed by atoms with Crippen molar-refractivity contribution < 1.29 is 21.6 Å². The van der Waals surface area contributed by atoms with Crippen molar-refractivity contribution in [2.24, 2.45) is 0 Å². The Morgan fingerprint density at radius 2 is 2.05 bits per heavy atom. The molecule has 110 valence electrons. The lowest BCUT2D eigenvalue weighted by atomic mass is 10.2. The average molecular weight is 327 g/mol. The number of anilines is 1. The lowest BCUT2D eigenvalue weighted by Gasteiger charge is -2.17. The van der Waals surface area contributed by atoms with E-state index < -0.39 is 37.7 Å². The predicted molar refractivity (Wildman–Crippen MR) is 68.7 cm³/mol. The Labute approximate surface area is 119 Å². The molecule has 0 saturated heterocycles. The van der Waals surface area contributed by atoms with Gasteiger partial charge in [0.2, 0.25) is 10.0 Å². The van der Waals surface area contributed by atoms with Crippen molar-refractivity contribution in [2.45, 2.75) is 24.8 Å². The predicted octanol–water partition coefficient (Wildman–Crippen LogP) is 3.40. The van der Waals surface area contributed by atoms with Gasteiger partial charge < -0.3 is 0 Å². The van der Waals surface area contributed by atoms with E-state index in [1.165, 1.54) is 13.0 Å². The molecule has 1 rings (SSSR count). The third-order valence-electron chi connectivity index (χ3n) is 2.45. The van der Waals surface area contributed by atoms with Crippen molar-refractivity contribution >= 4 is 27.3 Å². The highest BCUT2D eigenvalue weighted by Crippen LogP contribution is 2.39. The summed E-state index contributed by atoms with van der Waals surface area (Å²) < 4.78 is 63.9. The van der Waals surface area contributed by atoms with Crippen LogP contribution in [0.3, 0.4) is 0 Å². The molecule has 0 bridgehead atoms. The number of benzene rings is 1. The van der Waals surface area contributed by atoms with Gasteiger partial charge in [-0.15, -0.1) is 0 Å². The van der Waals surface area contributed by atoms with Gasteiger partial charge in [-0.3, -0.25) is 4.72 Å². The van der Waals surface area contributed by atoms with E-state index in [2.05, 4.69) is 0 Å². The third kappa shape index (κ3) is 3.55. The molecule has 9 heteroatoms. The molecule has 1 aromatic rings. The van der Waals surface area contributed by atoms with Crippen LogP contribution < -0.4 is 4.72 Å². The minimum atomic E-state index is -4.77. The lowest BCUT2D eigenvalue weighted by Crippen LogP contribution is -2.27. The summed E-state index contributed by atoms with van der Waals surface area (Å²) in [6, 6.07) is 4.41. The Kier molecular flexibility index (Phi) is 4.89. The first-order valence-electron chi connectivity index (χ1n) is 5.40. The molecule has 0 aliphatic heterocycles. The number of nitrogens with one attached hydrogen (secondary N) is 1. The van der Waals surface area contributed by atoms with E-state index in [-0.39, 0.29) is 6.42 Å². The number of hydrogen-bond acceptors (Lipinski definition) is 3. The number of halogens is 4. The molecule has 0 spiro atoms. The second-order valence-corrected chi connectivity index (χ2v) is 6.10. The minimum Gasteiger partial charge on any atom is -0.280 e. The first kappa shape index (κ1) is 16.6. The Balaban J connectivity index is 3.33. The van der Waals surface area contributed by atoms with Gasteiger partial charge in [-0.2, -0.15) is 18.4 Å². The fourth-order valence-electron chi connectivity index (χ4n) is 1.46. The van der Waals surface area contributed by atoms with Crippen LogP contribution in [-0.2, 0) is 16.2 Å². The second-order valence-electron chi connectivity index (χ2n) is 3.83. The highest BCUT2D eigenvalue weighted by molar-refractivity contribution is 7.93. The zero-order valence-electron chi connectivity index (χ0n) is 10.2. The van der Waals surface area contributed by atoms with E-state index >= 15 is 0 Å². The van der Waals surface area contributed by atoms with Gasteiger partial charge in [0.25, 0.3) is 0 Å². The van der Waals surface area contributed by atoms with Crippen LogP contribution in [0.15, 0.2) is 18.2 Å². The zero-order chi connectivity index (χ0) is 15.6. The van der Waals surface area contributed by atoms with Gasteiger partial charge in [0, 0.05) is 0 Å². The van der Waals surface area contributed by atoms with Crippen molar-refractivity contribution in [3.05, 3.63) is 28.8 Å². The molecule has 1 atom stereocenters. The zero-order valence-corrected chi connectivity index (χ0v) is 11.8. The van der Waals surface area contributed by atoms with Crippen LogP contribution in [0.25, 0.3) is 0 Å². The van der Waals surface area contributed by atoms with Gasteiger partial charge in [-0.1, -0.05) is 24.6 Å². The van der Waals surface area contributed by atoms with Gasteiger partial charge in [0.15, 0.2) is 5.25 Å². The molecule has 0 aliphatic rings. The molecule has 0 aliphatic carbocycles. The molecule has 0 aromatic heterocycles. The fraction of sp³-hybridized carbons (Fsp3) is 0.364. The first-order valence-corrected chi connectivity index (χ1v) is 7.33. The minimum absolute atomic E-state index is 0.0579. The van der Waals surface area contributed by atoms with Crippen molar-refractivity contribution in [1.82, 2.24) is 0 Å². The highest BCUT2D eigenvalue weighted by Gasteiger charge is 2.36. The van der Waals surface area contributed by atoms with Gasteiger partial charge in [0.05, 0.1) is 22.3 Å². The van der Waals surface area contributed by atoms with Crippen molar-refractivity contribution in [3.63, 3.8) is 0 Å². The van der Waals surface area contributed by atoms with Crippen LogP contribution in [0.5, 0.6) is 0 Å². The van der Waals surface area contributed by atoms with Gasteiger partial charge in [0.1, 0.15) is 0 Å². The van der Waals surface area contributed by atoms with E-state index in [0.717, 1.165) is 12.1 Å². The molecule has 1 N–H and O–H groups in total. The molecule has 20 heavy (non-hydrogen) atoms. The number of nitriles is 1. The third-order valence-corrected chi connectivity index (χ3v) is 4.44. The molecule has 0 saturated carbocycles. The van der Waals surface area contributed by atoms with Crippen molar-refractivity contribution in [3.8, 4) is 6.07 Å². The summed E-state index contributed by atoms with van der Waals surface area (Å²) in [6.07, 6.45) is -4.82. The fourth-order valence-corrected chi connectivity index (χ4v) is 2.96. The van der Waals surface area contributed by atoms with Crippen molar-refractivity contribution in [2.75, 3.05) is 4.72 Å². The standard InChI is InChI=1S/C11H10ClF3N2O2S/c1-2-7(6-16)20(18,19)17-10-8(11(13,14)15)4-3-5-9(10)12/h3-5,7,17H,2H2,1H3. The first-order chi connectivity index (χ1) is 9.13. The molecule has 4 nitrogen and oxygen atoms in total. The van der Waals surface area contributed by atoms with Crippen LogP contribution in [0.1, 0.15) is 18.9 Å². The summed E-state index contributed by atoms with van der Waals surface area (Å²) >= 11 is 5.62. The van der Waals surface area contributed by atoms with Gasteiger partial charge in [-0.25, -0.2) is 8.42 Å². The molecule has 0 amide bonds. The van der Waals surface area contributed by atoms with Crippen LogP contribution in [0.2, 0.25) is 5.02 Å². The van der Waals surface area contributed by atoms with Gasteiger partial charge >= 0.3 is 6.18 Å². The molecule has 0 heterocycles. The average Bonchev–Trinajstić information content (AvgIpc) is 2.31. The second kappa shape index (κ2) is 5.89. The van der Waals surface area contributed by atoms with E-state index in [1.807, 2.05) is 0 Å². The summed E-state index contributed by atoms with van der Waals surface area (Å²) in [5.41, 5.74) is -1.98. The van der Waals surface area contributed by atoms with Crippen LogP contribution in [-0.4, -0.2) is 13.7 Å². The maximum atomic E-state index is 12.8. The smallest absolute Gasteiger partial charge is 0.280 e. The molecular formula is C11H10ClF3N2O2S. The maximum Gasteiger partial charge on any atom is 0.418 e. The van der Waals surface area contributed by atoms with Gasteiger partial charge in [-0.05, 0) is 18.6 Å². The molecule has 1 unspecified atom stereocenters. The van der Waals surface area contributed by atoms with E-state index in [4.69, 9.17) is 16.9 Å². The lowest BCUT2D eigenvalue weighted by molar-refractivity contribution is -0.136. The number of para-hydroxylation sites is 1. The summed E-state index contributed by atoms with van der Waals surface area (Å²) in [5, 5.41) is 6.86.